The van der Waals surface area contributed by atoms with Crippen molar-refractivity contribution >= 4 is 5.95 Å². The summed E-state index contributed by atoms with van der Waals surface area (Å²) in [4.78, 5) is 7.68. The lowest BCUT2D eigenvalue weighted by Gasteiger charge is -2.23. The summed E-state index contributed by atoms with van der Waals surface area (Å²) in [5.74, 6) is 0.0834. The fourth-order valence-corrected chi connectivity index (χ4v) is 1.72. The van der Waals surface area contributed by atoms with E-state index in [1.165, 1.54) is 31.7 Å². The van der Waals surface area contributed by atoms with Gasteiger partial charge < -0.3 is 10.6 Å². The zero-order valence-electron chi connectivity index (χ0n) is 8.54. The van der Waals surface area contributed by atoms with Crippen LogP contribution in [0, 0.1) is 5.82 Å². The van der Waals surface area contributed by atoms with Gasteiger partial charge in [-0.1, -0.05) is 6.42 Å². The zero-order valence-corrected chi connectivity index (χ0v) is 8.54. The molecule has 0 aliphatic carbocycles. The SMILES string of the molecule is Fc1cnc(NC[C@H]2CCCCN2)nc1. The van der Waals surface area contributed by atoms with E-state index in [-0.39, 0.29) is 0 Å². The highest BCUT2D eigenvalue weighted by Gasteiger charge is 2.12. The van der Waals surface area contributed by atoms with Crippen LogP contribution in [-0.2, 0) is 0 Å². The second-order valence-electron chi connectivity index (χ2n) is 3.75. The summed E-state index contributed by atoms with van der Waals surface area (Å²) < 4.78 is 12.5. The minimum Gasteiger partial charge on any atom is -0.353 e. The Morgan fingerprint density at radius 1 is 1.40 bits per heavy atom. The smallest absolute Gasteiger partial charge is 0.222 e. The Kier molecular flexibility index (Phi) is 3.45. The van der Waals surface area contributed by atoms with Crippen LogP contribution in [0.4, 0.5) is 10.3 Å². The molecule has 0 unspecified atom stereocenters. The van der Waals surface area contributed by atoms with Gasteiger partial charge in [0.05, 0.1) is 12.4 Å². The van der Waals surface area contributed by atoms with Crippen LogP contribution in [0.5, 0.6) is 0 Å². The van der Waals surface area contributed by atoms with Gasteiger partial charge in [-0.2, -0.15) is 0 Å². The third kappa shape index (κ3) is 3.13. The zero-order chi connectivity index (χ0) is 10.5. The lowest BCUT2D eigenvalue weighted by Crippen LogP contribution is -2.39. The van der Waals surface area contributed by atoms with Gasteiger partial charge in [0.1, 0.15) is 0 Å². The fourth-order valence-electron chi connectivity index (χ4n) is 1.72. The van der Waals surface area contributed by atoms with E-state index in [1.54, 1.807) is 0 Å². The Morgan fingerprint density at radius 3 is 2.87 bits per heavy atom. The number of hydrogen-bond acceptors (Lipinski definition) is 4. The molecule has 0 spiro atoms. The van der Waals surface area contributed by atoms with Crippen molar-refractivity contribution in [1.82, 2.24) is 15.3 Å². The van der Waals surface area contributed by atoms with E-state index in [9.17, 15) is 4.39 Å². The van der Waals surface area contributed by atoms with E-state index in [0.717, 1.165) is 13.1 Å². The first-order valence-corrected chi connectivity index (χ1v) is 5.29. The molecule has 1 atom stereocenters. The predicted molar refractivity (Wildman–Crippen MR) is 56.1 cm³/mol. The molecule has 1 aromatic rings. The largest absolute Gasteiger partial charge is 0.353 e. The average Bonchev–Trinajstić information content (AvgIpc) is 2.30. The van der Waals surface area contributed by atoms with Crippen molar-refractivity contribution < 1.29 is 4.39 Å². The Hall–Kier alpha value is -1.23. The molecular weight excluding hydrogens is 195 g/mol. The molecule has 2 N–H and O–H groups in total. The predicted octanol–water partition coefficient (Wildman–Crippen LogP) is 1.17. The molecule has 4 nitrogen and oxygen atoms in total. The molecule has 0 radical (unpaired) electrons. The van der Waals surface area contributed by atoms with Crippen molar-refractivity contribution in [3.8, 4) is 0 Å². The van der Waals surface area contributed by atoms with Gasteiger partial charge in [-0.15, -0.1) is 0 Å². The third-order valence-electron chi connectivity index (χ3n) is 2.54. The summed E-state index contributed by atoms with van der Waals surface area (Å²) in [5.41, 5.74) is 0. The van der Waals surface area contributed by atoms with Gasteiger partial charge in [-0.3, -0.25) is 0 Å². The van der Waals surface area contributed by atoms with E-state index in [2.05, 4.69) is 20.6 Å². The maximum absolute atomic E-state index is 12.5. The van der Waals surface area contributed by atoms with Crippen LogP contribution < -0.4 is 10.6 Å². The number of hydrogen-bond donors (Lipinski definition) is 2. The van der Waals surface area contributed by atoms with Crippen LogP contribution >= 0.6 is 0 Å². The van der Waals surface area contributed by atoms with Crippen LogP contribution in [0.25, 0.3) is 0 Å². The van der Waals surface area contributed by atoms with Crippen molar-refractivity contribution in [2.75, 3.05) is 18.4 Å². The Labute approximate surface area is 88.3 Å². The minimum atomic E-state index is -0.406. The summed E-state index contributed by atoms with van der Waals surface area (Å²) in [7, 11) is 0. The number of piperidine rings is 1. The number of rotatable bonds is 3. The molecule has 1 aliphatic rings. The maximum atomic E-state index is 12.5. The van der Waals surface area contributed by atoms with Gasteiger partial charge in [-0.05, 0) is 19.4 Å². The molecule has 15 heavy (non-hydrogen) atoms. The van der Waals surface area contributed by atoms with Crippen molar-refractivity contribution in [2.45, 2.75) is 25.3 Å². The Morgan fingerprint density at radius 2 is 2.20 bits per heavy atom. The number of nitrogens with zero attached hydrogens (tertiary/aromatic N) is 2. The van der Waals surface area contributed by atoms with Crippen molar-refractivity contribution in [1.29, 1.82) is 0 Å². The lowest BCUT2D eigenvalue weighted by molar-refractivity contribution is 0.413. The number of nitrogens with one attached hydrogen (secondary N) is 2. The first-order valence-electron chi connectivity index (χ1n) is 5.29. The van der Waals surface area contributed by atoms with Crippen LogP contribution in [0.1, 0.15) is 19.3 Å². The molecule has 1 aromatic heterocycles. The van der Waals surface area contributed by atoms with E-state index in [1.807, 2.05) is 0 Å². The van der Waals surface area contributed by atoms with Crippen LogP contribution in [0.2, 0.25) is 0 Å². The van der Waals surface area contributed by atoms with Crippen LogP contribution in [-0.4, -0.2) is 29.1 Å². The molecule has 5 heteroatoms. The first kappa shape index (κ1) is 10.3. The van der Waals surface area contributed by atoms with Crippen LogP contribution in [0.15, 0.2) is 12.4 Å². The van der Waals surface area contributed by atoms with E-state index >= 15 is 0 Å². The second kappa shape index (κ2) is 5.02. The van der Waals surface area contributed by atoms with E-state index < -0.39 is 5.82 Å². The molecule has 82 valence electrons. The number of halogens is 1. The average molecular weight is 210 g/mol. The molecule has 2 heterocycles. The molecule has 0 amide bonds. The van der Waals surface area contributed by atoms with Gasteiger partial charge in [0.2, 0.25) is 5.95 Å². The summed E-state index contributed by atoms with van der Waals surface area (Å²) in [5, 5.41) is 6.50. The molecule has 0 saturated carbocycles. The first-order chi connectivity index (χ1) is 7.34. The normalized spacial score (nSPS) is 21.3. The van der Waals surface area contributed by atoms with E-state index in [0.29, 0.717) is 12.0 Å². The Balaban J connectivity index is 1.79. The van der Waals surface area contributed by atoms with Gasteiger partial charge in [0, 0.05) is 12.6 Å². The van der Waals surface area contributed by atoms with Crippen molar-refractivity contribution in [2.24, 2.45) is 0 Å². The monoisotopic (exact) mass is 210 g/mol. The molecule has 2 rings (SSSR count). The highest BCUT2D eigenvalue weighted by atomic mass is 19.1. The standard InChI is InChI=1S/C10H15FN4/c11-8-5-13-10(14-6-8)15-7-9-3-1-2-4-12-9/h5-6,9,12H,1-4,7H2,(H,13,14,15)/t9-/m1/s1. The highest BCUT2D eigenvalue weighted by molar-refractivity contribution is 5.22. The fraction of sp³-hybridized carbons (Fsp3) is 0.600. The molecule has 0 bridgehead atoms. The number of anilines is 1. The van der Waals surface area contributed by atoms with Gasteiger partial charge in [-0.25, -0.2) is 14.4 Å². The van der Waals surface area contributed by atoms with Crippen molar-refractivity contribution in [3.05, 3.63) is 18.2 Å². The third-order valence-corrected chi connectivity index (χ3v) is 2.54. The summed E-state index contributed by atoms with van der Waals surface area (Å²) >= 11 is 0. The topological polar surface area (TPSA) is 49.8 Å². The Bertz CT molecular complexity index is 295. The summed E-state index contributed by atoms with van der Waals surface area (Å²) in [6.07, 6.45) is 6.04. The van der Waals surface area contributed by atoms with Gasteiger partial charge in [0.15, 0.2) is 5.82 Å². The lowest BCUT2D eigenvalue weighted by atomic mass is 10.1. The quantitative estimate of drug-likeness (QED) is 0.786. The minimum absolute atomic E-state index is 0.406. The van der Waals surface area contributed by atoms with Gasteiger partial charge in [0.25, 0.3) is 0 Å². The summed E-state index contributed by atoms with van der Waals surface area (Å²) in [6.45, 7) is 1.88. The highest BCUT2D eigenvalue weighted by Crippen LogP contribution is 2.07. The maximum Gasteiger partial charge on any atom is 0.222 e. The molecule has 0 aromatic carbocycles. The number of aromatic nitrogens is 2. The molecule has 1 fully saturated rings. The van der Waals surface area contributed by atoms with E-state index in [4.69, 9.17) is 0 Å². The molecule has 1 aliphatic heterocycles. The van der Waals surface area contributed by atoms with Gasteiger partial charge >= 0.3 is 0 Å². The van der Waals surface area contributed by atoms with Crippen molar-refractivity contribution in [3.63, 3.8) is 0 Å². The van der Waals surface area contributed by atoms with Crippen LogP contribution in [0.3, 0.4) is 0 Å². The molecule has 1 saturated heterocycles. The molecular formula is C10H15FN4. The summed E-state index contributed by atoms with van der Waals surface area (Å²) in [6, 6.07) is 0.479. The second-order valence-corrected chi connectivity index (χ2v) is 3.75.